The number of hydrogen-bond donors (Lipinski definition) is 2. The van der Waals surface area contributed by atoms with Crippen LogP contribution in [0.15, 0.2) is 18.2 Å². The van der Waals surface area contributed by atoms with Crippen LogP contribution in [-0.4, -0.2) is 36.5 Å². The first-order valence-electron chi connectivity index (χ1n) is 7.80. The minimum Gasteiger partial charge on any atom is -0.330 e. The van der Waals surface area contributed by atoms with Gasteiger partial charge in [-0.1, -0.05) is 6.07 Å². The van der Waals surface area contributed by atoms with Crippen LogP contribution in [0.1, 0.15) is 30.9 Å². The van der Waals surface area contributed by atoms with Gasteiger partial charge >= 0.3 is 0 Å². The highest BCUT2D eigenvalue weighted by Gasteiger charge is 2.26. The van der Waals surface area contributed by atoms with Crippen molar-refractivity contribution in [3.05, 3.63) is 29.3 Å². The molecule has 1 aliphatic rings. The van der Waals surface area contributed by atoms with E-state index in [1.807, 2.05) is 18.2 Å². The van der Waals surface area contributed by atoms with Crippen molar-refractivity contribution in [3.8, 4) is 0 Å². The Labute approximate surface area is 127 Å². The Bertz CT molecular complexity index is 501. The molecule has 1 aromatic rings. The fourth-order valence-electron chi connectivity index (χ4n) is 2.88. The predicted octanol–water partition coefficient (Wildman–Crippen LogP) is 2.30. The highest BCUT2D eigenvalue weighted by Crippen LogP contribution is 2.21. The van der Waals surface area contributed by atoms with Crippen molar-refractivity contribution in [2.45, 2.75) is 39.7 Å². The lowest BCUT2D eigenvalue weighted by molar-refractivity contribution is -0.118. The van der Waals surface area contributed by atoms with Crippen LogP contribution in [-0.2, 0) is 4.79 Å². The number of hydrogen-bond acceptors (Lipinski definition) is 3. The van der Waals surface area contributed by atoms with Gasteiger partial charge in [-0.25, -0.2) is 0 Å². The maximum absolute atomic E-state index is 12.2. The molecule has 0 radical (unpaired) electrons. The van der Waals surface area contributed by atoms with Gasteiger partial charge in [0.15, 0.2) is 0 Å². The number of anilines is 1. The second kappa shape index (κ2) is 7.05. The highest BCUT2D eigenvalue weighted by molar-refractivity contribution is 5.92. The normalized spacial score (nSPS) is 23.0. The molecular formula is C17H27N3O. The van der Waals surface area contributed by atoms with E-state index in [4.69, 9.17) is 5.73 Å². The van der Waals surface area contributed by atoms with Crippen molar-refractivity contribution < 1.29 is 4.79 Å². The van der Waals surface area contributed by atoms with Crippen LogP contribution in [0.3, 0.4) is 0 Å². The van der Waals surface area contributed by atoms with Gasteiger partial charge in [-0.05, 0) is 69.3 Å². The average molecular weight is 289 g/mol. The molecular weight excluding hydrogens is 262 g/mol. The van der Waals surface area contributed by atoms with E-state index in [9.17, 15) is 4.79 Å². The van der Waals surface area contributed by atoms with Gasteiger partial charge in [-0.2, -0.15) is 0 Å². The van der Waals surface area contributed by atoms with E-state index in [0.717, 1.165) is 18.7 Å². The Kier molecular flexibility index (Phi) is 5.37. The maximum atomic E-state index is 12.2. The molecule has 2 unspecified atom stereocenters. The van der Waals surface area contributed by atoms with Crippen molar-refractivity contribution >= 4 is 11.6 Å². The van der Waals surface area contributed by atoms with Crippen LogP contribution < -0.4 is 11.1 Å². The standard InChI is InChI=1S/C17H27N3O/c1-12-4-7-16(8-13(12)2)19-17(21)11-20-10-15(9-18)6-5-14(20)3/h4,7-8,14-15H,5-6,9-11,18H2,1-3H3,(H,19,21). The van der Waals surface area contributed by atoms with Crippen LogP contribution in [0.2, 0.25) is 0 Å². The minimum atomic E-state index is 0.0581. The number of nitrogens with zero attached hydrogens (tertiary/aromatic N) is 1. The molecule has 1 aromatic carbocycles. The fraction of sp³-hybridized carbons (Fsp3) is 0.588. The third-order valence-electron chi connectivity index (χ3n) is 4.58. The number of nitrogens with one attached hydrogen (secondary N) is 1. The van der Waals surface area contributed by atoms with Gasteiger partial charge in [0.05, 0.1) is 6.54 Å². The van der Waals surface area contributed by atoms with Gasteiger partial charge < -0.3 is 11.1 Å². The van der Waals surface area contributed by atoms with E-state index in [-0.39, 0.29) is 5.91 Å². The van der Waals surface area contributed by atoms with Crippen LogP contribution in [0.4, 0.5) is 5.69 Å². The lowest BCUT2D eigenvalue weighted by Gasteiger charge is -2.37. The Morgan fingerprint density at radius 1 is 1.33 bits per heavy atom. The molecule has 1 saturated heterocycles. The zero-order chi connectivity index (χ0) is 15.4. The van der Waals surface area contributed by atoms with Crippen LogP contribution >= 0.6 is 0 Å². The van der Waals surface area contributed by atoms with E-state index in [2.05, 4.69) is 31.0 Å². The van der Waals surface area contributed by atoms with Crippen molar-refractivity contribution in [3.63, 3.8) is 0 Å². The Balaban J connectivity index is 1.92. The van der Waals surface area contributed by atoms with Crippen molar-refractivity contribution in [1.82, 2.24) is 4.90 Å². The summed E-state index contributed by atoms with van der Waals surface area (Å²) in [7, 11) is 0. The summed E-state index contributed by atoms with van der Waals surface area (Å²) in [6.07, 6.45) is 2.30. The minimum absolute atomic E-state index is 0.0581. The molecule has 2 atom stereocenters. The molecule has 4 nitrogen and oxygen atoms in total. The summed E-state index contributed by atoms with van der Waals surface area (Å²) in [5, 5.41) is 3.00. The van der Waals surface area contributed by atoms with E-state index in [0.29, 0.717) is 25.0 Å². The number of aryl methyl sites for hydroxylation is 2. The third-order valence-corrected chi connectivity index (χ3v) is 4.58. The van der Waals surface area contributed by atoms with Gasteiger partial charge in [-0.15, -0.1) is 0 Å². The number of piperidine rings is 1. The molecule has 0 spiro atoms. The second-order valence-electron chi connectivity index (χ2n) is 6.30. The lowest BCUT2D eigenvalue weighted by Crippen LogP contribution is -2.47. The van der Waals surface area contributed by atoms with E-state index in [1.165, 1.54) is 17.5 Å². The van der Waals surface area contributed by atoms with Crippen LogP contribution in [0, 0.1) is 19.8 Å². The highest BCUT2D eigenvalue weighted by atomic mass is 16.2. The summed E-state index contributed by atoms with van der Waals surface area (Å²) < 4.78 is 0. The van der Waals surface area contributed by atoms with Gasteiger partial charge in [0, 0.05) is 18.3 Å². The molecule has 1 aliphatic heterocycles. The molecule has 1 heterocycles. The summed E-state index contributed by atoms with van der Waals surface area (Å²) >= 11 is 0. The molecule has 0 bridgehead atoms. The number of carbonyl (C=O) groups excluding carboxylic acids is 1. The molecule has 1 amide bonds. The summed E-state index contributed by atoms with van der Waals surface area (Å²) in [5.74, 6) is 0.582. The monoisotopic (exact) mass is 289 g/mol. The van der Waals surface area contributed by atoms with E-state index in [1.54, 1.807) is 0 Å². The number of carbonyl (C=O) groups is 1. The zero-order valence-electron chi connectivity index (χ0n) is 13.4. The molecule has 3 N–H and O–H groups in total. The predicted molar refractivity (Wildman–Crippen MR) is 87.4 cm³/mol. The van der Waals surface area contributed by atoms with Crippen LogP contribution in [0.25, 0.3) is 0 Å². The summed E-state index contributed by atoms with van der Waals surface area (Å²) in [6, 6.07) is 6.48. The van der Waals surface area contributed by atoms with Crippen molar-refractivity contribution in [2.75, 3.05) is 25.0 Å². The van der Waals surface area contributed by atoms with E-state index >= 15 is 0 Å². The number of amides is 1. The largest absolute Gasteiger partial charge is 0.330 e. The van der Waals surface area contributed by atoms with E-state index < -0.39 is 0 Å². The van der Waals surface area contributed by atoms with Gasteiger partial charge in [-0.3, -0.25) is 9.69 Å². The molecule has 0 aliphatic carbocycles. The van der Waals surface area contributed by atoms with Crippen molar-refractivity contribution in [2.24, 2.45) is 11.7 Å². The summed E-state index contributed by atoms with van der Waals surface area (Å²) in [6.45, 7) is 8.41. The Morgan fingerprint density at radius 2 is 2.10 bits per heavy atom. The van der Waals surface area contributed by atoms with Crippen molar-refractivity contribution in [1.29, 1.82) is 0 Å². The molecule has 0 aromatic heterocycles. The second-order valence-corrected chi connectivity index (χ2v) is 6.30. The number of nitrogens with two attached hydrogens (primary N) is 1. The molecule has 2 rings (SSSR count). The number of rotatable bonds is 4. The quantitative estimate of drug-likeness (QED) is 0.894. The summed E-state index contributed by atoms with van der Waals surface area (Å²) in [5.41, 5.74) is 9.08. The fourth-order valence-corrected chi connectivity index (χ4v) is 2.88. The molecule has 1 fully saturated rings. The maximum Gasteiger partial charge on any atom is 0.238 e. The SMILES string of the molecule is Cc1ccc(NC(=O)CN2CC(CN)CCC2C)cc1C. The smallest absolute Gasteiger partial charge is 0.238 e. The molecule has 4 heteroatoms. The van der Waals surface area contributed by atoms with Crippen LogP contribution in [0.5, 0.6) is 0 Å². The first-order chi connectivity index (χ1) is 9.99. The van der Waals surface area contributed by atoms with Gasteiger partial charge in [0.2, 0.25) is 5.91 Å². The zero-order valence-corrected chi connectivity index (χ0v) is 13.4. The first kappa shape index (κ1) is 16.0. The van der Waals surface area contributed by atoms with Gasteiger partial charge in [0.1, 0.15) is 0 Å². The summed E-state index contributed by atoms with van der Waals surface area (Å²) in [4.78, 5) is 14.5. The van der Waals surface area contributed by atoms with Gasteiger partial charge in [0.25, 0.3) is 0 Å². The Hall–Kier alpha value is -1.39. The molecule has 116 valence electrons. The molecule has 21 heavy (non-hydrogen) atoms. The Morgan fingerprint density at radius 3 is 2.76 bits per heavy atom. The average Bonchev–Trinajstić information content (AvgIpc) is 2.45. The first-order valence-corrected chi connectivity index (χ1v) is 7.80. The molecule has 0 saturated carbocycles. The lowest BCUT2D eigenvalue weighted by atomic mass is 9.93. The number of likely N-dealkylation sites (tertiary alicyclic amines) is 1. The topological polar surface area (TPSA) is 58.4 Å². The number of benzene rings is 1. The third kappa shape index (κ3) is 4.29.